The van der Waals surface area contributed by atoms with E-state index in [2.05, 4.69) is 4.90 Å². The van der Waals surface area contributed by atoms with Gasteiger partial charge in [-0.05, 0) is 24.3 Å². The lowest BCUT2D eigenvalue weighted by Crippen LogP contribution is -2.52. The van der Waals surface area contributed by atoms with Crippen molar-refractivity contribution in [2.75, 3.05) is 49.1 Å². The van der Waals surface area contributed by atoms with Crippen LogP contribution >= 0.6 is 11.6 Å². The summed E-state index contributed by atoms with van der Waals surface area (Å²) in [6.45, 7) is 2.37. The minimum atomic E-state index is -0.558. The Morgan fingerprint density at radius 1 is 1.13 bits per heavy atom. The van der Waals surface area contributed by atoms with Gasteiger partial charge in [-0.25, -0.2) is 4.79 Å². The first-order chi connectivity index (χ1) is 14.4. The molecule has 0 radical (unpaired) electrons. The van der Waals surface area contributed by atoms with Crippen molar-refractivity contribution in [2.45, 2.75) is 0 Å². The molecule has 0 atom stereocenters. The number of esters is 1. The highest BCUT2D eigenvalue weighted by Crippen LogP contribution is 2.35. The van der Waals surface area contributed by atoms with Gasteiger partial charge in [-0.2, -0.15) is 0 Å². The van der Waals surface area contributed by atoms with Crippen molar-refractivity contribution in [1.82, 2.24) is 4.90 Å². The highest BCUT2D eigenvalue weighted by Gasteiger charge is 2.30. The Morgan fingerprint density at radius 2 is 1.90 bits per heavy atom. The first kappa shape index (κ1) is 20.0. The Balaban J connectivity index is 1.41. The molecule has 0 spiro atoms. The van der Waals surface area contributed by atoms with Crippen LogP contribution in [0.1, 0.15) is 0 Å². The van der Waals surface area contributed by atoms with E-state index in [4.69, 9.17) is 16.3 Å². The number of non-ortho nitro benzene ring substituents is 1. The van der Waals surface area contributed by atoms with E-state index in [0.29, 0.717) is 36.9 Å². The smallest absolute Gasteiger partial charge is 0.331 e. The van der Waals surface area contributed by atoms with Gasteiger partial charge in [0.2, 0.25) is 5.91 Å². The van der Waals surface area contributed by atoms with Gasteiger partial charge < -0.3 is 19.4 Å². The zero-order valence-corrected chi connectivity index (χ0v) is 16.7. The SMILES string of the molecule is O=C1CN(CC(=O)N2CCN(c3cccc(Cl)c3)CC2)c2ccc([N+](=O)[O-])cc2O1. The van der Waals surface area contributed by atoms with Crippen LogP contribution in [0.25, 0.3) is 0 Å². The maximum absolute atomic E-state index is 12.8. The Bertz CT molecular complexity index is 1010. The molecule has 2 aliphatic rings. The van der Waals surface area contributed by atoms with Gasteiger partial charge in [0.1, 0.15) is 6.54 Å². The quantitative estimate of drug-likeness (QED) is 0.318. The standard InChI is InChI=1S/C20H19ClN4O5/c21-14-2-1-3-15(10-14)22-6-8-23(9-7-22)19(26)12-24-13-20(27)30-18-11-16(25(28)29)4-5-17(18)24/h1-5,10-11H,6-9,12-13H2. The Kier molecular flexibility index (Phi) is 5.45. The number of fused-ring (bicyclic) bond motifs is 1. The number of nitrogens with zero attached hydrogens (tertiary/aromatic N) is 4. The number of nitro benzene ring substituents is 1. The van der Waals surface area contributed by atoms with Gasteiger partial charge in [0.15, 0.2) is 5.75 Å². The summed E-state index contributed by atoms with van der Waals surface area (Å²) in [4.78, 5) is 40.7. The molecular weight excluding hydrogens is 412 g/mol. The lowest BCUT2D eigenvalue weighted by molar-refractivity contribution is -0.384. The molecule has 1 fully saturated rings. The van der Waals surface area contributed by atoms with Gasteiger partial charge >= 0.3 is 5.97 Å². The maximum Gasteiger partial charge on any atom is 0.331 e. The van der Waals surface area contributed by atoms with Crippen LogP contribution in [0, 0.1) is 10.1 Å². The average molecular weight is 431 g/mol. The number of halogens is 1. The third-order valence-corrected chi connectivity index (χ3v) is 5.41. The lowest BCUT2D eigenvalue weighted by atomic mass is 10.2. The minimum absolute atomic E-state index is 0.00290. The normalized spacial score (nSPS) is 16.2. The van der Waals surface area contributed by atoms with E-state index < -0.39 is 10.9 Å². The average Bonchev–Trinajstić information content (AvgIpc) is 2.73. The number of ether oxygens (including phenoxy) is 1. The van der Waals surface area contributed by atoms with Crippen LogP contribution in [0.15, 0.2) is 42.5 Å². The first-order valence-corrected chi connectivity index (χ1v) is 9.81. The summed E-state index contributed by atoms with van der Waals surface area (Å²) in [5.74, 6) is -0.569. The molecule has 0 saturated carbocycles. The van der Waals surface area contributed by atoms with E-state index in [-0.39, 0.29) is 30.4 Å². The molecule has 0 unspecified atom stereocenters. The first-order valence-electron chi connectivity index (χ1n) is 9.43. The van der Waals surface area contributed by atoms with Gasteiger partial charge in [-0.15, -0.1) is 0 Å². The molecule has 1 amide bonds. The van der Waals surface area contributed by atoms with Crippen molar-refractivity contribution in [2.24, 2.45) is 0 Å². The zero-order chi connectivity index (χ0) is 21.3. The summed E-state index contributed by atoms with van der Waals surface area (Å²) in [7, 11) is 0. The number of benzene rings is 2. The number of piperazine rings is 1. The second kappa shape index (κ2) is 8.19. The van der Waals surface area contributed by atoms with E-state index in [0.717, 1.165) is 5.69 Å². The molecule has 10 heteroatoms. The zero-order valence-electron chi connectivity index (χ0n) is 16.0. The molecule has 0 bridgehead atoms. The molecule has 0 aromatic heterocycles. The monoisotopic (exact) mass is 430 g/mol. The lowest BCUT2D eigenvalue weighted by Gasteiger charge is -2.37. The fraction of sp³-hybridized carbons (Fsp3) is 0.300. The Morgan fingerprint density at radius 3 is 2.60 bits per heavy atom. The third kappa shape index (κ3) is 4.16. The summed E-state index contributed by atoms with van der Waals surface area (Å²) < 4.78 is 5.13. The number of anilines is 2. The third-order valence-electron chi connectivity index (χ3n) is 5.17. The summed E-state index contributed by atoms with van der Waals surface area (Å²) >= 11 is 6.06. The number of amides is 1. The molecule has 2 heterocycles. The molecular formula is C20H19ClN4O5. The largest absolute Gasteiger partial charge is 0.423 e. The van der Waals surface area contributed by atoms with Crippen molar-refractivity contribution < 1.29 is 19.2 Å². The van der Waals surface area contributed by atoms with Crippen LogP contribution < -0.4 is 14.5 Å². The molecule has 2 aromatic carbocycles. The van der Waals surface area contributed by atoms with Crippen molar-refractivity contribution in [1.29, 1.82) is 0 Å². The molecule has 2 aromatic rings. The molecule has 0 aliphatic carbocycles. The van der Waals surface area contributed by atoms with Crippen molar-refractivity contribution in [3.8, 4) is 5.75 Å². The number of carbonyl (C=O) groups is 2. The molecule has 9 nitrogen and oxygen atoms in total. The maximum atomic E-state index is 12.8. The summed E-state index contributed by atoms with van der Waals surface area (Å²) in [5, 5.41) is 11.6. The van der Waals surface area contributed by atoms with Gasteiger partial charge in [-0.3, -0.25) is 14.9 Å². The fourth-order valence-corrected chi connectivity index (χ4v) is 3.83. The Hall–Kier alpha value is -3.33. The highest BCUT2D eigenvalue weighted by atomic mass is 35.5. The van der Waals surface area contributed by atoms with E-state index in [1.54, 1.807) is 9.80 Å². The van der Waals surface area contributed by atoms with E-state index in [1.807, 2.05) is 24.3 Å². The molecule has 1 saturated heterocycles. The number of hydrogen-bond donors (Lipinski definition) is 0. The van der Waals surface area contributed by atoms with Crippen LogP contribution in [0.5, 0.6) is 5.75 Å². The van der Waals surface area contributed by atoms with Crippen LogP contribution in [-0.4, -0.2) is 61.0 Å². The Labute approximate surface area is 177 Å². The van der Waals surface area contributed by atoms with Crippen molar-refractivity contribution in [3.05, 3.63) is 57.6 Å². The van der Waals surface area contributed by atoms with Gasteiger partial charge in [0.05, 0.1) is 23.2 Å². The number of nitro groups is 1. The predicted molar refractivity (Wildman–Crippen MR) is 111 cm³/mol. The number of hydrogen-bond acceptors (Lipinski definition) is 7. The van der Waals surface area contributed by atoms with Crippen molar-refractivity contribution in [3.63, 3.8) is 0 Å². The summed E-state index contributed by atoms with van der Waals surface area (Å²) in [6.07, 6.45) is 0. The predicted octanol–water partition coefficient (Wildman–Crippen LogP) is 2.32. The van der Waals surface area contributed by atoms with Gasteiger partial charge in [0, 0.05) is 43.0 Å². The summed E-state index contributed by atoms with van der Waals surface area (Å²) in [6, 6.07) is 11.6. The van der Waals surface area contributed by atoms with E-state index in [1.165, 1.54) is 18.2 Å². The second-order valence-electron chi connectivity index (χ2n) is 7.09. The molecule has 0 N–H and O–H groups in total. The van der Waals surface area contributed by atoms with Crippen LogP contribution in [0.4, 0.5) is 17.1 Å². The minimum Gasteiger partial charge on any atom is -0.423 e. The number of carbonyl (C=O) groups excluding carboxylic acids is 2. The highest BCUT2D eigenvalue weighted by molar-refractivity contribution is 6.30. The molecule has 30 heavy (non-hydrogen) atoms. The van der Waals surface area contributed by atoms with Crippen LogP contribution in [0.2, 0.25) is 5.02 Å². The fourth-order valence-electron chi connectivity index (χ4n) is 3.65. The topological polar surface area (TPSA) is 96.2 Å². The molecule has 4 rings (SSSR count). The van der Waals surface area contributed by atoms with E-state index >= 15 is 0 Å². The molecule has 2 aliphatic heterocycles. The van der Waals surface area contributed by atoms with Crippen LogP contribution in [-0.2, 0) is 9.59 Å². The van der Waals surface area contributed by atoms with Gasteiger partial charge in [0.25, 0.3) is 5.69 Å². The van der Waals surface area contributed by atoms with Gasteiger partial charge in [-0.1, -0.05) is 17.7 Å². The van der Waals surface area contributed by atoms with Crippen molar-refractivity contribution >= 4 is 40.5 Å². The van der Waals surface area contributed by atoms with Crippen LogP contribution in [0.3, 0.4) is 0 Å². The second-order valence-corrected chi connectivity index (χ2v) is 7.52. The van der Waals surface area contributed by atoms with E-state index in [9.17, 15) is 19.7 Å². The summed E-state index contributed by atoms with van der Waals surface area (Å²) in [5.41, 5.74) is 1.34. The molecule has 156 valence electrons. The number of rotatable bonds is 4.